The van der Waals surface area contributed by atoms with E-state index in [0.29, 0.717) is 0 Å². The summed E-state index contributed by atoms with van der Waals surface area (Å²) in [7, 11) is 0. The lowest BCUT2D eigenvalue weighted by atomic mass is 10.0. The van der Waals surface area contributed by atoms with Crippen LogP contribution in [0, 0.1) is 5.92 Å². The van der Waals surface area contributed by atoms with Crippen molar-refractivity contribution in [1.82, 2.24) is 5.32 Å². The van der Waals surface area contributed by atoms with Gasteiger partial charge in [0.1, 0.15) is 0 Å². The Morgan fingerprint density at radius 1 is 1.06 bits per heavy atom. The summed E-state index contributed by atoms with van der Waals surface area (Å²) in [5, 5.41) is 3.70. The summed E-state index contributed by atoms with van der Waals surface area (Å²) in [6.07, 6.45) is 15.8. The molecule has 0 aromatic carbocycles. The largest absolute Gasteiger partial charge is 0.314 e. The van der Waals surface area contributed by atoms with Crippen molar-refractivity contribution in [1.29, 1.82) is 0 Å². The molecule has 1 N–H and O–H groups in total. The van der Waals surface area contributed by atoms with E-state index < -0.39 is 0 Å². The van der Waals surface area contributed by atoms with Crippen molar-refractivity contribution in [2.45, 2.75) is 90.5 Å². The lowest BCUT2D eigenvalue weighted by Gasteiger charge is -2.15. The highest BCUT2D eigenvalue weighted by Gasteiger charge is 2.14. The van der Waals surface area contributed by atoms with Crippen molar-refractivity contribution in [3.05, 3.63) is 0 Å². The molecular weight excluding hydrogens is 206 g/mol. The number of nitrogens with one attached hydrogen (secondary N) is 1. The zero-order chi connectivity index (χ0) is 12.3. The van der Waals surface area contributed by atoms with Crippen LogP contribution in [0.15, 0.2) is 0 Å². The van der Waals surface area contributed by atoms with Gasteiger partial charge in [-0.25, -0.2) is 0 Å². The molecule has 1 aliphatic carbocycles. The summed E-state index contributed by atoms with van der Waals surface area (Å²) in [5.41, 5.74) is 0. The summed E-state index contributed by atoms with van der Waals surface area (Å²) in [6.45, 7) is 5.89. The molecule has 1 saturated carbocycles. The average Bonchev–Trinajstić information content (AvgIpc) is 2.82. The maximum atomic E-state index is 3.70. The first-order valence-electron chi connectivity index (χ1n) is 8.06. The molecule has 1 atom stereocenters. The smallest absolute Gasteiger partial charge is 0.00387 e. The van der Waals surface area contributed by atoms with E-state index in [9.17, 15) is 0 Å². The highest BCUT2D eigenvalue weighted by molar-refractivity contribution is 4.69. The van der Waals surface area contributed by atoms with E-state index in [4.69, 9.17) is 0 Å². The van der Waals surface area contributed by atoms with Crippen LogP contribution in [0.4, 0.5) is 0 Å². The van der Waals surface area contributed by atoms with Gasteiger partial charge in [0.2, 0.25) is 0 Å². The monoisotopic (exact) mass is 239 g/mol. The van der Waals surface area contributed by atoms with Gasteiger partial charge in [0.15, 0.2) is 0 Å². The van der Waals surface area contributed by atoms with Gasteiger partial charge in [-0.15, -0.1) is 0 Å². The molecule has 1 fully saturated rings. The molecule has 0 aliphatic heterocycles. The van der Waals surface area contributed by atoms with Gasteiger partial charge in [0, 0.05) is 6.04 Å². The molecule has 0 spiro atoms. The molecule has 1 rings (SSSR count). The molecule has 1 heteroatoms. The lowest BCUT2D eigenvalue weighted by molar-refractivity contribution is 0.429. The molecule has 17 heavy (non-hydrogen) atoms. The fourth-order valence-corrected chi connectivity index (χ4v) is 2.99. The second-order valence-corrected chi connectivity index (χ2v) is 6.00. The third-order valence-electron chi connectivity index (χ3n) is 4.26. The van der Waals surface area contributed by atoms with Crippen molar-refractivity contribution in [2.75, 3.05) is 6.54 Å². The van der Waals surface area contributed by atoms with E-state index in [1.54, 1.807) is 0 Å². The van der Waals surface area contributed by atoms with Crippen molar-refractivity contribution in [3.8, 4) is 0 Å². The molecule has 0 bridgehead atoms. The highest BCUT2D eigenvalue weighted by Crippen LogP contribution is 2.26. The van der Waals surface area contributed by atoms with Gasteiger partial charge in [0.05, 0.1) is 0 Å². The summed E-state index contributed by atoms with van der Waals surface area (Å²) < 4.78 is 0. The fraction of sp³-hybridized carbons (Fsp3) is 1.00. The Kier molecular flexibility index (Phi) is 8.78. The van der Waals surface area contributed by atoms with E-state index in [1.807, 2.05) is 0 Å². The molecule has 1 aliphatic rings. The van der Waals surface area contributed by atoms with Gasteiger partial charge in [-0.05, 0) is 32.2 Å². The minimum atomic E-state index is 0.734. The summed E-state index contributed by atoms with van der Waals surface area (Å²) in [4.78, 5) is 0. The van der Waals surface area contributed by atoms with Gasteiger partial charge in [-0.2, -0.15) is 0 Å². The van der Waals surface area contributed by atoms with Gasteiger partial charge in [0.25, 0.3) is 0 Å². The van der Waals surface area contributed by atoms with Gasteiger partial charge >= 0.3 is 0 Å². The topological polar surface area (TPSA) is 12.0 Å². The van der Waals surface area contributed by atoms with Crippen LogP contribution in [0.2, 0.25) is 0 Å². The predicted molar refractivity (Wildman–Crippen MR) is 77.4 cm³/mol. The van der Waals surface area contributed by atoms with E-state index in [-0.39, 0.29) is 0 Å². The van der Waals surface area contributed by atoms with E-state index in [0.717, 1.165) is 12.0 Å². The van der Waals surface area contributed by atoms with Crippen LogP contribution >= 0.6 is 0 Å². The molecule has 1 nitrogen and oxygen atoms in total. The second-order valence-electron chi connectivity index (χ2n) is 6.00. The Balaban J connectivity index is 1.84. The molecule has 1 unspecified atom stereocenters. The highest BCUT2D eigenvalue weighted by atomic mass is 14.9. The van der Waals surface area contributed by atoms with Crippen LogP contribution < -0.4 is 5.32 Å². The van der Waals surface area contributed by atoms with E-state index in [1.165, 1.54) is 77.2 Å². The van der Waals surface area contributed by atoms with Crippen molar-refractivity contribution in [2.24, 2.45) is 5.92 Å². The Hall–Kier alpha value is -0.0400. The number of hydrogen-bond donors (Lipinski definition) is 1. The van der Waals surface area contributed by atoms with Crippen LogP contribution in [-0.4, -0.2) is 12.6 Å². The minimum absolute atomic E-state index is 0.734. The number of hydrogen-bond acceptors (Lipinski definition) is 1. The normalized spacial score (nSPS) is 18.7. The maximum absolute atomic E-state index is 3.70. The molecule has 0 aromatic rings. The fourth-order valence-electron chi connectivity index (χ4n) is 2.99. The van der Waals surface area contributed by atoms with Crippen molar-refractivity contribution >= 4 is 0 Å². The standard InChI is InChI=1S/C16H33N/c1-3-4-5-6-7-10-15(2)17-14-13-16-11-8-9-12-16/h15-17H,3-14H2,1-2H3. The Morgan fingerprint density at radius 2 is 1.76 bits per heavy atom. The second kappa shape index (κ2) is 9.94. The first-order valence-corrected chi connectivity index (χ1v) is 8.06. The lowest BCUT2D eigenvalue weighted by Crippen LogP contribution is -2.27. The molecule has 0 saturated heterocycles. The van der Waals surface area contributed by atoms with Gasteiger partial charge in [-0.1, -0.05) is 64.7 Å². The van der Waals surface area contributed by atoms with Crippen LogP contribution in [0.1, 0.15) is 84.5 Å². The molecule has 0 amide bonds. The quantitative estimate of drug-likeness (QED) is 0.534. The maximum Gasteiger partial charge on any atom is 0.00387 e. The molecule has 0 aromatic heterocycles. The zero-order valence-corrected chi connectivity index (χ0v) is 12.1. The summed E-state index contributed by atoms with van der Waals surface area (Å²) in [5.74, 6) is 1.04. The van der Waals surface area contributed by atoms with E-state index >= 15 is 0 Å². The van der Waals surface area contributed by atoms with Crippen molar-refractivity contribution < 1.29 is 0 Å². The zero-order valence-electron chi connectivity index (χ0n) is 12.1. The average molecular weight is 239 g/mol. The van der Waals surface area contributed by atoms with Crippen LogP contribution in [0.5, 0.6) is 0 Å². The van der Waals surface area contributed by atoms with Crippen molar-refractivity contribution in [3.63, 3.8) is 0 Å². The predicted octanol–water partition coefficient (Wildman–Crippen LogP) is 4.91. The van der Waals surface area contributed by atoms with Crippen LogP contribution in [-0.2, 0) is 0 Å². The first-order chi connectivity index (χ1) is 8.33. The Morgan fingerprint density at radius 3 is 2.47 bits per heavy atom. The summed E-state index contributed by atoms with van der Waals surface area (Å²) >= 11 is 0. The van der Waals surface area contributed by atoms with Crippen LogP contribution in [0.3, 0.4) is 0 Å². The van der Waals surface area contributed by atoms with Gasteiger partial charge < -0.3 is 5.32 Å². The first kappa shape index (κ1) is 15.0. The molecule has 0 radical (unpaired) electrons. The number of rotatable bonds is 10. The van der Waals surface area contributed by atoms with E-state index in [2.05, 4.69) is 19.2 Å². The molecule has 0 heterocycles. The number of unbranched alkanes of at least 4 members (excludes halogenated alkanes) is 4. The Bertz CT molecular complexity index is 161. The third kappa shape index (κ3) is 7.81. The van der Waals surface area contributed by atoms with Gasteiger partial charge in [-0.3, -0.25) is 0 Å². The Labute approximate surface area is 109 Å². The SMILES string of the molecule is CCCCCCCC(C)NCCC1CCCC1. The third-order valence-corrected chi connectivity index (χ3v) is 4.26. The minimum Gasteiger partial charge on any atom is -0.314 e. The molecular formula is C16H33N. The summed E-state index contributed by atoms with van der Waals surface area (Å²) in [6, 6.07) is 0.734. The molecule has 102 valence electrons. The van der Waals surface area contributed by atoms with Crippen LogP contribution in [0.25, 0.3) is 0 Å².